The second kappa shape index (κ2) is 4.98. The summed E-state index contributed by atoms with van der Waals surface area (Å²) < 4.78 is 12.9. The lowest BCUT2D eigenvalue weighted by molar-refractivity contribution is -0.119. The molecule has 0 radical (unpaired) electrons. The highest BCUT2D eigenvalue weighted by molar-refractivity contribution is 7.80. The largest absolute Gasteiger partial charge is 0.368 e. The van der Waals surface area contributed by atoms with Crippen molar-refractivity contribution in [3.63, 3.8) is 0 Å². The lowest BCUT2D eigenvalue weighted by Gasteiger charge is -2.10. The number of rotatable bonds is 3. The van der Waals surface area contributed by atoms with E-state index in [1.807, 2.05) is 0 Å². The predicted octanol–water partition coefficient (Wildman–Crippen LogP) is 0.718. The fraction of sp³-hybridized carbons (Fsp3) is 0.200. The molecular formula is C10H11FN2O2S. The first kappa shape index (κ1) is 12.5. The van der Waals surface area contributed by atoms with Crippen LogP contribution in [0.5, 0.6) is 0 Å². The molecule has 3 N–H and O–H groups in total. The van der Waals surface area contributed by atoms with Crippen LogP contribution in [-0.2, 0) is 4.79 Å². The van der Waals surface area contributed by atoms with Crippen molar-refractivity contribution >= 4 is 24.4 Å². The molecule has 2 amide bonds. The molecule has 0 saturated heterocycles. The molecule has 0 fully saturated rings. The van der Waals surface area contributed by atoms with Gasteiger partial charge in [-0.15, -0.1) is 12.6 Å². The Morgan fingerprint density at radius 2 is 2.12 bits per heavy atom. The lowest BCUT2D eigenvalue weighted by atomic mass is 10.2. The molecule has 0 aliphatic heterocycles. The third-order valence-corrected chi connectivity index (χ3v) is 2.33. The van der Waals surface area contributed by atoms with E-state index in [1.165, 1.54) is 19.1 Å². The first-order chi connectivity index (χ1) is 7.41. The predicted molar refractivity (Wildman–Crippen MR) is 59.8 cm³/mol. The number of nitrogens with two attached hydrogens (primary N) is 1. The molecule has 0 spiro atoms. The van der Waals surface area contributed by atoms with Crippen LogP contribution in [-0.4, -0.2) is 17.9 Å². The first-order valence-electron chi connectivity index (χ1n) is 4.50. The standard InChI is InChI=1S/C10H11FN2O2S/c1-5(9(12)14)13-10(15)6-2-3-7(11)8(16)4-6/h2-5,16H,1H3,(H2,12,14)(H,13,15). The van der Waals surface area contributed by atoms with Gasteiger partial charge in [-0.05, 0) is 25.1 Å². The summed E-state index contributed by atoms with van der Waals surface area (Å²) >= 11 is 3.85. The fourth-order valence-electron chi connectivity index (χ4n) is 1.01. The number of thiol groups is 1. The van der Waals surface area contributed by atoms with E-state index in [1.54, 1.807) is 0 Å². The highest BCUT2D eigenvalue weighted by Gasteiger charge is 2.14. The van der Waals surface area contributed by atoms with E-state index in [2.05, 4.69) is 17.9 Å². The average molecular weight is 242 g/mol. The van der Waals surface area contributed by atoms with E-state index < -0.39 is 23.7 Å². The maximum absolute atomic E-state index is 12.9. The SMILES string of the molecule is CC(NC(=O)c1ccc(F)c(S)c1)C(N)=O. The molecule has 1 atom stereocenters. The Kier molecular flexibility index (Phi) is 3.89. The van der Waals surface area contributed by atoms with Crippen molar-refractivity contribution in [3.05, 3.63) is 29.6 Å². The van der Waals surface area contributed by atoms with E-state index >= 15 is 0 Å². The second-order valence-corrected chi connectivity index (χ2v) is 3.75. The number of primary amides is 1. The van der Waals surface area contributed by atoms with Crippen LogP contribution in [0, 0.1) is 5.82 Å². The van der Waals surface area contributed by atoms with Gasteiger partial charge in [-0.1, -0.05) is 0 Å². The normalized spacial score (nSPS) is 11.9. The molecule has 1 aromatic carbocycles. The Bertz CT molecular complexity index is 437. The third kappa shape index (κ3) is 2.96. The van der Waals surface area contributed by atoms with Crippen molar-refractivity contribution in [3.8, 4) is 0 Å². The minimum Gasteiger partial charge on any atom is -0.368 e. The van der Waals surface area contributed by atoms with Gasteiger partial charge < -0.3 is 11.1 Å². The molecular weight excluding hydrogens is 231 g/mol. The Balaban J connectivity index is 2.81. The summed E-state index contributed by atoms with van der Waals surface area (Å²) in [5.74, 6) is -1.65. The second-order valence-electron chi connectivity index (χ2n) is 3.26. The molecule has 0 aromatic heterocycles. The highest BCUT2D eigenvalue weighted by atomic mass is 32.1. The number of hydrogen-bond donors (Lipinski definition) is 3. The first-order valence-corrected chi connectivity index (χ1v) is 4.95. The van der Waals surface area contributed by atoms with Crippen molar-refractivity contribution in [2.45, 2.75) is 17.9 Å². The Labute approximate surface area is 97.4 Å². The zero-order chi connectivity index (χ0) is 12.3. The molecule has 1 rings (SSSR count). The molecule has 1 unspecified atom stereocenters. The topological polar surface area (TPSA) is 72.2 Å². The molecule has 0 heterocycles. The minimum absolute atomic E-state index is 0.0689. The Hall–Kier alpha value is -1.56. The lowest BCUT2D eigenvalue weighted by Crippen LogP contribution is -2.42. The molecule has 86 valence electrons. The molecule has 6 heteroatoms. The van der Waals surface area contributed by atoms with E-state index in [0.717, 1.165) is 6.07 Å². The fourth-order valence-corrected chi connectivity index (χ4v) is 1.22. The van der Waals surface area contributed by atoms with Crippen LogP contribution in [0.4, 0.5) is 4.39 Å². The van der Waals surface area contributed by atoms with Gasteiger partial charge in [0, 0.05) is 10.5 Å². The maximum Gasteiger partial charge on any atom is 0.251 e. The monoisotopic (exact) mass is 242 g/mol. The summed E-state index contributed by atoms with van der Waals surface area (Å²) in [6.07, 6.45) is 0. The number of halogens is 1. The van der Waals surface area contributed by atoms with Crippen molar-refractivity contribution in [1.82, 2.24) is 5.32 Å². The maximum atomic E-state index is 12.9. The summed E-state index contributed by atoms with van der Waals surface area (Å²) in [6.45, 7) is 1.46. The zero-order valence-electron chi connectivity index (χ0n) is 8.53. The van der Waals surface area contributed by atoms with Gasteiger partial charge in [-0.25, -0.2) is 4.39 Å². The van der Waals surface area contributed by atoms with Gasteiger partial charge in [0.05, 0.1) is 0 Å². The molecule has 0 saturated carbocycles. The Morgan fingerprint density at radius 3 is 2.62 bits per heavy atom. The average Bonchev–Trinajstić information content (AvgIpc) is 2.21. The van der Waals surface area contributed by atoms with Crippen LogP contribution in [0.25, 0.3) is 0 Å². The van der Waals surface area contributed by atoms with E-state index in [9.17, 15) is 14.0 Å². The summed E-state index contributed by atoms with van der Waals surface area (Å²) in [5.41, 5.74) is 5.21. The van der Waals surface area contributed by atoms with Crippen LogP contribution < -0.4 is 11.1 Å². The van der Waals surface area contributed by atoms with Crippen LogP contribution >= 0.6 is 12.6 Å². The number of benzene rings is 1. The van der Waals surface area contributed by atoms with Crippen LogP contribution in [0.3, 0.4) is 0 Å². The van der Waals surface area contributed by atoms with Gasteiger partial charge in [0.15, 0.2) is 0 Å². The molecule has 0 aliphatic carbocycles. The van der Waals surface area contributed by atoms with Gasteiger partial charge >= 0.3 is 0 Å². The van der Waals surface area contributed by atoms with Crippen LogP contribution in [0.15, 0.2) is 23.1 Å². The van der Waals surface area contributed by atoms with Crippen LogP contribution in [0.1, 0.15) is 17.3 Å². The van der Waals surface area contributed by atoms with Crippen molar-refractivity contribution < 1.29 is 14.0 Å². The molecule has 16 heavy (non-hydrogen) atoms. The molecule has 1 aromatic rings. The summed E-state index contributed by atoms with van der Waals surface area (Å²) in [5, 5.41) is 2.37. The number of nitrogens with one attached hydrogen (secondary N) is 1. The highest BCUT2D eigenvalue weighted by Crippen LogP contribution is 2.14. The third-order valence-electron chi connectivity index (χ3n) is 1.98. The number of carbonyl (C=O) groups excluding carboxylic acids is 2. The van der Waals surface area contributed by atoms with Crippen molar-refractivity contribution in [1.29, 1.82) is 0 Å². The number of hydrogen-bond acceptors (Lipinski definition) is 3. The van der Waals surface area contributed by atoms with E-state index in [0.29, 0.717) is 0 Å². The van der Waals surface area contributed by atoms with Crippen molar-refractivity contribution in [2.24, 2.45) is 5.73 Å². The molecule has 0 bridgehead atoms. The number of amides is 2. The smallest absolute Gasteiger partial charge is 0.251 e. The van der Waals surface area contributed by atoms with Gasteiger partial charge in [-0.2, -0.15) is 0 Å². The van der Waals surface area contributed by atoms with Gasteiger partial charge in [0.2, 0.25) is 5.91 Å². The summed E-state index contributed by atoms with van der Waals surface area (Å²) in [6, 6.07) is 2.94. The van der Waals surface area contributed by atoms with E-state index in [-0.39, 0.29) is 10.5 Å². The zero-order valence-corrected chi connectivity index (χ0v) is 9.42. The summed E-state index contributed by atoms with van der Waals surface area (Å²) in [7, 11) is 0. The van der Waals surface area contributed by atoms with Crippen molar-refractivity contribution in [2.75, 3.05) is 0 Å². The van der Waals surface area contributed by atoms with Gasteiger partial charge in [0.1, 0.15) is 11.9 Å². The van der Waals surface area contributed by atoms with Gasteiger partial charge in [-0.3, -0.25) is 9.59 Å². The minimum atomic E-state index is -0.777. The van der Waals surface area contributed by atoms with Gasteiger partial charge in [0.25, 0.3) is 5.91 Å². The quantitative estimate of drug-likeness (QED) is 0.683. The van der Waals surface area contributed by atoms with Crippen LogP contribution in [0.2, 0.25) is 0 Å². The van der Waals surface area contributed by atoms with E-state index in [4.69, 9.17) is 5.73 Å². The number of carbonyl (C=O) groups is 2. The molecule has 0 aliphatic rings. The molecule has 4 nitrogen and oxygen atoms in total. The summed E-state index contributed by atoms with van der Waals surface area (Å²) in [4.78, 5) is 22.3. The Morgan fingerprint density at radius 1 is 1.50 bits per heavy atom.